The molecule has 0 radical (unpaired) electrons. The van der Waals surface area contributed by atoms with Crippen molar-refractivity contribution >= 4 is 5.91 Å². The average molecular weight is 371 g/mol. The first-order valence-corrected chi connectivity index (χ1v) is 9.37. The second-order valence-corrected chi connectivity index (χ2v) is 7.18. The van der Waals surface area contributed by atoms with E-state index >= 15 is 0 Å². The van der Waals surface area contributed by atoms with E-state index in [-0.39, 0.29) is 5.91 Å². The number of nitrogens with zero attached hydrogens (tertiary/aromatic N) is 6. The summed E-state index contributed by atoms with van der Waals surface area (Å²) in [5, 5.41) is 12.1. The van der Waals surface area contributed by atoms with Crippen LogP contribution in [0.2, 0.25) is 0 Å². The third kappa shape index (κ3) is 3.85. The fourth-order valence-corrected chi connectivity index (χ4v) is 3.65. The molecule has 2 aromatic rings. The molecule has 2 saturated heterocycles. The van der Waals surface area contributed by atoms with Crippen molar-refractivity contribution < 1.29 is 9.53 Å². The topological polar surface area (TPSA) is 102 Å². The standard InChI is InChI=1S/C18H25N7O2/c19-18(6-12-27-13-7-18)17(26)24-10-8-23(9-11-24)14-16-20-21-22-25(16)15-4-2-1-3-5-15/h1-5H,6-14,19H2. The number of carbonyl (C=O) groups is 1. The molecule has 9 heteroatoms. The normalized spacial score (nSPS) is 20.6. The van der Waals surface area contributed by atoms with Crippen molar-refractivity contribution in [1.82, 2.24) is 30.0 Å². The number of tetrazole rings is 1. The summed E-state index contributed by atoms with van der Waals surface area (Å²) in [6.45, 7) is 4.66. The molecule has 4 rings (SSSR count). The number of carbonyl (C=O) groups excluding carboxylic acids is 1. The van der Waals surface area contributed by atoms with Gasteiger partial charge in [-0.2, -0.15) is 4.68 Å². The quantitative estimate of drug-likeness (QED) is 0.795. The Bertz CT molecular complexity index is 765. The van der Waals surface area contributed by atoms with E-state index in [1.54, 1.807) is 4.68 Å². The fraction of sp³-hybridized carbons (Fsp3) is 0.556. The minimum atomic E-state index is -0.766. The van der Waals surface area contributed by atoms with Gasteiger partial charge in [-0.15, -0.1) is 5.10 Å². The van der Waals surface area contributed by atoms with Gasteiger partial charge in [-0.05, 0) is 35.4 Å². The molecule has 27 heavy (non-hydrogen) atoms. The van der Waals surface area contributed by atoms with Crippen LogP contribution in [0.15, 0.2) is 30.3 Å². The Morgan fingerprint density at radius 1 is 1.11 bits per heavy atom. The number of piperazine rings is 1. The SMILES string of the molecule is NC1(C(=O)N2CCN(Cc3nnnn3-c3ccccc3)CC2)CCOCC1. The van der Waals surface area contributed by atoms with Gasteiger partial charge in [-0.3, -0.25) is 9.69 Å². The Morgan fingerprint density at radius 3 is 2.52 bits per heavy atom. The maximum Gasteiger partial charge on any atom is 0.242 e. The smallest absolute Gasteiger partial charge is 0.242 e. The lowest BCUT2D eigenvalue weighted by atomic mass is 9.89. The highest BCUT2D eigenvalue weighted by atomic mass is 16.5. The number of amides is 1. The molecule has 2 fully saturated rings. The summed E-state index contributed by atoms with van der Waals surface area (Å²) in [6, 6.07) is 9.84. The average Bonchev–Trinajstić information content (AvgIpc) is 3.17. The number of ether oxygens (including phenoxy) is 1. The Morgan fingerprint density at radius 2 is 1.81 bits per heavy atom. The zero-order chi connectivity index (χ0) is 18.7. The van der Waals surface area contributed by atoms with Crippen LogP contribution in [-0.2, 0) is 16.1 Å². The first kappa shape index (κ1) is 18.0. The first-order valence-electron chi connectivity index (χ1n) is 9.37. The van der Waals surface area contributed by atoms with Gasteiger partial charge in [0.2, 0.25) is 5.91 Å². The summed E-state index contributed by atoms with van der Waals surface area (Å²) in [5.74, 6) is 0.847. The van der Waals surface area contributed by atoms with Crippen LogP contribution in [0.5, 0.6) is 0 Å². The number of aromatic nitrogens is 4. The van der Waals surface area contributed by atoms with Crippen LogP contribution < -0.4 is 5.73 Å². The van der Waals surface area contributed by atoms with Crippen LogP contribution in [0.1, 0.15) is 18.7 Å². The number of rotatable bonds is 4. The van der Waals surface area contributed by atoms with E-state index in [4.69, 9.17) is 10.5 Å². The van der Waals surface area contributed by atoms with Gasteiger partial charge in [0.25, 0.3) is 0 Å². The van der Waals surface area contributed by atoms with Gasteiger partial charge in [0.1, 0.15) is 0 Å². The molecule has 0 spiro atoms. The Balaban J connectivity index is 1.35. The molecule has 0 saturated carbocycles. The number of nitrogens with two attached hydrogens (primary N) is 1. The van der Waals surface area contributed by atoms with Crippen molar-refractivity contribution in [1.29, 1.82) is 0 Å². The Kier molecular flexibility index (Phi) is 5.15. The molecular weight excluding hydrogens is 346 g/mol. The van der Waals surface area contributed by atoms with E-state index in [9.17, 15) is 4.79 Å². The van der Waals surface area contributed by atoms with Crippen molar-refractivity contribution in [3.8, 4) is 5.69 Å². The summed E-state index contributed by atoms with van der Waals surface area (Å²) < 4.78 is 7.10. The summed E-state index contributed by atoms with van der Waals surface area (Å²) in [4.78, 5) is 17.0. The van der Waals surface area contributed by atoms with E-state index in [0.29, 0.717) is 45.7 Å². The lowest BCUT2D eigenvalue weighted by Crippen LogP contribution is -2.61. The number of hydrogen-bond acceptors (Lipinski definition) is 7. The van der Waals surface area contributed by atoms with E-state index in [2.05, 4.69) is 20.4 Å². The molecule has 3 heterocycles. The molecular formula is C18H25N7O2. The lowest BCUT2D eigenvalue weighted by molar-refractivity contribution is -0.142. The third-order valence-corrected chi connectivity index (χ3v) is 5.37. The molecule has 144 valence electrons. The van der Waals surface area contributed by atoms with Gasteiger partial charge in [-0.1, -0.05) is 18.2 Å². The maximum atomic E-state index is 12.8. The molecule has 2 aliphatic heterocycles. The maximum absolute atomic E-state index is 12.8. The summed E-state index contributed by atoms with van der Waals surface area (Å²) in [7, 11) is 0. The van der Waals surface area contributed by atoms with Gasteiger partial charge < -0.3 is 15.4 Å². The Labute approximate surface area is 158 Å². The second-order valence-electron chi connectivity index (χ2n) is 7.18. The highest BCUT2D eigenvalue weighted by Gasteiger charge is 2.39. The molecule has 0 bridgehead atoms. The van der Waals surface area contributed by atoms with Crippen molar-refractivity contribution in [3.05, 3.63) is 36.2 Å². The monoisotopic (exact) mass is 371 g/mol. The minimum Gasteiger partial charge on any atom is -0.381 e. The van der Waals surface area contributed by atoms with Crippen LogP contribution in [0.25, 0.3) is 5.69 Å². The molecule has 1 aromatic heterocycles. The first-order chi connectivity index (χ1) is 13.2. The van der Waals surface area contributed by atoms with Crippen LogP contribution in [-0.4, -0.2) is 80.8 Å². The van der Waals surface area contributed by atoms with E-state index in [0.717, 1.165) is 24.6 Å². The zero-order valence-electron chi connectivity index (χ0n) is 15.3. The van der Waals surface area contributed by atoms with Crippen LogP contribution in [0.3, 0.4) is 0 Å². The summed E-state index contributed by atoms with van der Waals surface area (Å²) in [6.07, 6.45) is 1.19. The van der Waals surface area contributed by atoms with Gasteiger partial charge >= 0.3 is 0 Å². The molecule has 9 nitrogen and oxygen atoms in total. The molecule has 0 atom stereocenters. The van der Waals surface area contributed by atoms with Gasteiger partial charge in [0.05, 0.1) is 17.8 Å². The molecule has 0 aliphatic carbocycles. The fourth-order valence-electron chi connectivity index (χ4n) is 3.65. The third-order valence-electron chi connectivity index (χ3n) is 5.37. The lowest BCUT2D eigenvalue weighted by Gasteiger charge is -2.40. The highest BCUT2D eigenvalue weighted by Crippen LogP contribution is 2.21. The van der Waals surface area contributed by atoms with Crippen molar-refractivity contribution in [2.24, 2.45) is 5.73 Å². The number of hydrogen-bond donors (Lipinski definition) is 1. The van der Waals surface area contributed by atoms with Gasteiger partial charge in [-0.25, -0.2) is 0 Å². The molecule has 1 aromatic carbocycles. The zero-order valence-corrected chi connectivity index (χ0v) is 15.3. The number of benzene rings is 1. The number of para-hydroxylation sites is 1. The summed E-state index contributed by atoms with van der Waals surface area (Å²) >= 11 is 0. The van der Waals surface area contributed by atoms with Crippen LogP contribution in [0, 0.1) is 0 Å². The predicted octanol–water partition coefficient (Wildman–Crippen LogP) is -0.186. The second kappa shape index (κ2) is 7.71. The van der Waals surface area contributed by atoms with Gasteiger partial charge in [0, 0.05) is 39.4 Å². The van der Waals surface area contributed by atoms with Crippen molar-refractivity contribution in [3.63, 3.8) is 0 Å². The van der Waals surface area contributed by atoms with E-state index < -0.39 is 5.54 Å². The largest absolute Gasteiger partial charge is 0.381 e. The van der Waals surface area contributed by atoms with E-state index in [1.165, 1.54) is 0 Å². The van der Waals surface area contributed by atoms with Crippen molar-refractivity contribution in [2.75, 3.05) is 39.4 Å². The molecule has 2 aliphatic rings. The highest BCUT2D eigenvalue weighted by molar-refractivity contribution is 5.86. The molecule has 1 amide bonds. The van der Waals surface area contributed by atoms with Crippen LogP contribution >= 0.6 is 0 Å². The van der Waals surface area contributed by atoms with Crippen LogP contribution in [0.4, 0.5) is 0 Å². The van der Waals surface area contributed by atoms with E-state index in [1.807, 2.05) is 35.2 Å². The minimum absolute atomic E-state index is 0.0552. The molecule has 0 unspecified atom stereocenters. The predicted molar refractivity (Wildman–Crippen MR) is 98.0 cm³/mol. The molecule has 2 N–H and O–H groups in total. The van der Waals surface area contributed by atoms with Crippen molar-refractivity contribution in [2.45, 2.75) is 24.9 Å². The van der Waals surface area contributed by atoms with Gasteiger partial charge in [0.15, 0.2) is 5.82 Å². The summed E-state index contributed by atoms with van der Waals surface area (Å²) in [5.41, 5.74) is 6.52. The Hall–Kier alpha value is -2.36.